The van der Waals surface area contributed by atoms with Gasteiger partial charge in [0.15, 0.2) is 0 Å². The number of hydrogen-bond acceptors (Lipinski definition) is 6. The predicted molar refractivity (Wildman–Crippen MR) is 112 cm³/mol. The number of nitrogens with one attached hydrogen (secondary N) is 1. The molecule has 1 amide bonds. The number of hydrogen-bond donors (Lipinski definition) is 1. The molecule has 0 aliphatic heterocycles. The van der Waals surface area contributed by atoms with E-state index in [1.54, 1.807) is 31.2 Å². The Bertz CT molecular complexity index is 951. The Kier molecular flexibility index (Phi) is 6.89. The summed E-state index contributed by atoms with van der Waals surface area (Å²) in [6, 6.07) is 10.7. The lowest BCUT2D eigenvalue weighted by Crippen LogP contribution is -2.25. The highest BCUT2D eigenvalue weighted by Gasteiger charge is 2.23. The van der Waals surface area contributed by atoms with Crippen LogP contribution in [0.15, 0.2) is 35.4 Å². The van der Waals surface area contributed by atoms with E-state index in [0.29, 0.717) is 34.9 Å². The minimum atomic E-state index is -0.390. The second-order valence-corrected chi connectivity index (χ2v) is 7.91. The fourth-order valence-corrected chi connectivity index (χ4v) is 4.20. The number of pyridine rings is 1. The van der Waals surface area contributed by atoms with Crippen LogP contribution < -0.4 is 5.32 Å². The number of rotatable bonds is 7. The number of carbonyl (C=O) groups is 2. The summed E-state index contributed by atoms with van der Waals surface area (Å²) in [7, 11) is 0. The van der Waals surface area contributed by atoms with E-state index >= 15 is 0 Å². The van der Waals surface area contributed by atoms with Crippen LogP contribution >= 0.6 is 11.8 Å². The van der Waals surface area contributed by atoms with Crippen molar-refractivity contribution in [3.05, 3.63) is 52.7 Å². The molecule has 1 aromatic carbocycles. The lowest BCUT2D eigenvalue weighted by Gasteiger charge is -2.16. The molecular formula is C22H23N3O3S. The van der Waals surface area contributed by atoms with Crippen LogP contribution in [-0.4, -0.2) is 28.7 Å². The normalized spacial score (nSPS) is 13.3. The maximum Gasteiger partial charge on any atom is 0.338 e. The van der Waals surface area contributed by atoms with Gasteiger partial charge in [0.2, 0.25) is 5.91 Å². The average molecular weight is 410 g/mol. The summed E-state index contributed by atoms with van der Waals surface area (Å²) in [6.45, 7) is 4.00. The first-order valence-electron chi connectivity index (χ1n) is 9.73. The quantitative estimate of drug-likeness (QED) is 0.546. The van der Waals surface area contributed by atoms with Crippen molar-refractivity contribution in [3.8, 4) is 6.07 Å². The Morgan fingerprint density at radius 3 is 2.69 bits per heavy atom. The molecule has 1 aliphatic carbocycles. The molecule has 0 spiro atoms. The van der Waals surface area contributed by atoms with Gasteiger partial charge in [0.1, 0.15) is 11.1 Å². The number of nitrogens with zero attached hydrogens (tertiary/aromatic N) is 2. The van der Waals surface area contributed by atoms with E-state index in [9.17, 15) is 14.9 Å². The van der Waals surface area contributed by atoms with Crippen molar-refractivity contribution in [2.45, 2.75) is 49.8 Å². The zero-order chi connectivity index (χ0) is 20.8. The minimum absolute atomic E-state index is 0.160. The van der Waals surface area contributed by atoms with Crippen LogP contribution in [0.3, 0.4) is 0 Å². The number of anilines is 1. The van der Waals surface area contributed by atoms with Crippen LogP contribution in [0.5, 0.6) is 0 Å². The maximum absolute atomic E-state index is 12.8. The number of carbonyl (C=O) groups excluding carboxylic acids is 2. The SMILES string of the molecule is CCOC(=O)c1ccc(NC(=O)C(CC)Sc2nc3c(cc2C#N)CCC3)cc1. The molecule has 3 rings (SSSR count). The van der Waals surface area contributed by atoms with Crippen molar-refractivity contribution >= 4 is 29.3 Å². The summed E-state index contributed by atoms with van der Waals surface area (Å²) >= 11 is 1.33. The largest absolute Gasteiger partial charge is 0.462 e. The van der Waals surface area contributed by atoms with Gasteiger partial charge in [-0.05, 0) is 68.5 Å². The zero-order valence-corrected chi connectivity index (χ0v) is 17.3. The Morgan fingerprint density at radius 2 is 2.03 bits per heavy atom. The lowest BCUT2D eigenvalue weighted by atomic mass is 10.2. The van der Waals surface area contributed by atoms with E-state index in [4.69, 9.17) is 4.74 Å². The topological polar surface area (TPSA) is 92.1 Å². The number of ether oxygens (including phenoxy) is 1. The highest BCUT2D eigenvalue weighted by atomic mass is 32.2. The molecule has 1 N–H and O–H groups in total. The number of aromatic nitrogens is 1. The number of esters is 1. The van der Waals surface area contributed by atoms with Gasteiger partial charge in [-0.2, -0.15) is 5.26 Å². The second kappa shape index (κ2) is 9.57. The number of nitriles is 1. The van der Waals surface area contributed by atoms with Gasteiger partial charge < -0.3 is 10.1 Å². The van der Waals surface area contributed by atoms with Crippen molar-refractivity contribution in [1.29, 1.82) is 5.26 Å². The number of fused-ring (bicyclic) bond motifs is 1. The fourth-order valence-electron chi connectivity index (χ4n) is 3.21. The van der Waals surface area contributed by atoms with Gasteiger partial charge in [-0.25, -0.2) is 9.78 Å². The van der Waals surface area contributed by atoms with Crippen LogP contribution in [0.2, 0.25) is 0 Å². The van der Waals surface area contributed by atoms with Gasteiger partial charge in [0, 0.05) is 11.4 Å². The van der Waals surface area contributed by atoms with Gasteiger partial charge in [0.05, 0.1) is 23.0 Å². The fraction of sp³-hybridized carbons (Fsp3) is 0.364. The Hall–Kier alpha value is -2.85. The molecule has 2 aromatic rings. The van der Waals surface area contributed by atoms with E-state index in [0.717, 1.165) is 30.5 Å². The third-order valence-electron chi connectivity index (χ3n) is 4.72. The molecular weight excluding hydrogens is 386 g/mol. The van der Waals surface area contributed by atoms with Crippen LogP contribution in [0.1, 0.15) is 53.9 Å². The predicted octanol–water partition coefficient (Wildman–Crippen LogP) is 4.13. The van der Waals surface area contributed by atoms with E-state index in [2.05, 4.69) is 16.4 Å². The first-order chi connectivity index (χ1) is 14.0. The Balaban J connectivity index is 1.70. The number of amides is 1. The van der Waals surface area contributed by atoms with E-state index < -0.39 is 0 Å². The molecule has 1 unspecified atom stereocenters. The summed E-state index contributed by atoms with van der Waals surface area (Å²) in [6.07, 6.45) is 3.54. The molecule has 0 saturated carbocycles. The van der Waals surface area contributed by atoms with Crippen LogP contribution in [0, 0.1) is 11.3 Å². The molecule has 0 saturated heterocycles. The molecule has 150 valence electrons. The highest BCUT2D eigenvalue weighted by molar-refractivity contribution is 8.00. The number of benzene rings is 1. The monoisotopic (exact) mass is 409 g/mol. The zero-order valence-electron chi connectivity index (χ0n) is 16.5. The van der Waals surface area contributed by atoms with Crippen molar-refractivity contribution in [2.24, 2.45) is 0 Å². The van der Waals surface area contributed by atoms with E-state index in [-0.39, 0.29) is 17.1 Å². The van der Waals surface area contributed by atoms with Gasteiger partial charge in [0.25, 0.3) is 0 Å². The summed E-state index contributed by atoms with van der Waals surface area (Å²) in [5, 5.41) is 12.6. The third kappa shape index (κ3) is 4.96. The molecule has 6 nitrogen and oxygen atoms in total. The molecule has 0 radical (unpaired) electrons. The Labute approximate surface area is 174 Å². The van der Waals surface area contributed by atoms with E-state index in [1.165, 1.54) is 11.8 Å². The average Bonchev–Trinajstić information content (AvgIpc) is 3.19. The molecule has 1 atom stereocenters. The van der Waals surface area contributed by atoms with Crippen LogP contribution in [0.25, 0.3) is 0 Å². The molecule has 1 aliphatic rings. The maximum atomic E-state index is 12.8. The Morgan fingerprint density at radius 1 is 1.28 bits per heavy atom. The van der Waals surface area contributed by atoms with Gasteiger partial charge >= 0.3 is 5.97 Å². The summed E-state index contributed by atoms with van der Waals surface area (Å²) in [4.78, 5) is 29.2. The smallest absolute Gasteiger partial charge is 0.338 e. The van der Waals surface area contributed by atoms with Crippen molar-refractivity contribution in [2.75, 3.05) is 11.9 Å². The standard InChI is InChI=1S/C22H23N3O3S/c1-3-19(29-21-16(13-23)12-15-6-5-7-18(15)25-21)20(26)24-17-10-8-14(9-11-17)22(27)28-4-2/h8-12,19H,3-7H2,1-2H3,(H,24,26). The molecule has 0 bridgehead atoms. The van der Waals surface area contributed by atoms with Crippen LogP contribution in [0.4, 0.5) is 5.69 Å². The molecule has 29 heavy (non-hydrogen) atoms. The van der Waals surface area contributed by atoms with Gasteiger partial charge in [-0.1, -0.05) is 18.7 Å². The van der Waals surface area contributed by atoms with Crippen molar-refractivity contribution in [1.82, 2.24) is 4.98 Å². The molecule has 1 aromatic heterocycles. The van der Waals surface area contributed by atoms with Gasteiger partial charge in [-0.15, -0.1) is 0 Å². The summed E-state index contributed by atoms with van der Waals surface area (Å²) < 4.78 is 4.96. The first kappa shape index (κ1) is 20.9. The minimum Gasteiger partial charge on any atom is -0.462 e. The highest BCUT2D eigenvalue weighted by Crippen LogP contribution is 2.31. The number of thioether (sulfide) groups is 1. The first-order valence-corrected chi connectivity index (χ1v) is 10.6. The lowest BCUT2D eigenvalue weighted by molar-refractivity contribution is -0.115. The second-order valence-electron chi connectivity index (χ2n) is 6.71. The summed E-state index contributed by atoms with van der Waals surface area (Å²) in [5.41, 5.74) is 3.75. The number of aryl methyl sites for hydroxylation is 2. The van der Waals surface area contributed by atoms with Crippen molar-refractivity contribution in [3.63, 3.8) is 0 Å². The molecule has 0 fully saturated rings. The third-order valence-corrected chi connectivity index (χ3v) is 6.08. The van der Waals surface area contributed by atoms with E-state index in [1.807, 2.05) is 13.0 Å². The molecule has 7 heteroatoms. The van der Waals surface area contributed by atoms with Gasteiger partial charge in [-0.3, -0.25) is 4.79 Å². The molecule has 1 heterocycles. The van der Waals surface area contributed by atoms with Crippen molar-refractivity contribution < 1.29 is 14.3 Å². The van der Waals surface area contributed by atoms with Crippen LogP contribution in [-0.2, 0) is 22.4 Å². The summed E-state index contributed by atoms with van der Waals surface area (Å²) in [5.74, 6) is -0.549.